The highest BCUT2D eigenvalue weighted by molar-refractivity contribution is 7.86. The van der Waals surface area contributed by atoms with Gasteiger partial charge in [-0.25, -0.2) is 0 Å². The number of halogens is 6. The van der Waals surface area contributed by atoms with E-state index in [0.717, 1.165) is 48.5 Å². The molecule has 4 rings (SSSR count). The molecule has 0 radical (unpaired) electrons. The van der Waals surface area contributed by atoms with Crippen LogP contribution in [0.15, 0.2) is 103 Å². The third-order valence-corrected chi connectivity index (χ3v) is 7.69. The van der Waals surface area contributed by atoms with Gasteiger partial charge in [0.25, 0.3) is 20.2 Å². The highest BCUT2D eigenvalue weighted by Crippen LogP contribution is 2.40. The van der Waals surface area contributed by atoms with E-state index in [0.29, 0.717) is 24.3 Å². The van der Waals surface area contributed by atoms with Crippen LogP contribution < -0.4 is 0 Å². The van der Waals surface area contributed by atoms with Crippen molar-refractivity contribution in [2.45, 2.75) is 22.1 Å². The second-order valence-corrected chi connectivity index (χ2v) is 11.9. The lowest BCUT2D eigenvalue weighted by molar-refractivity contribution is -0.139. The normalized spacial score (nSPS) is 13.1. The molecule has 0 saturated carbocycles. The number of aromatic hydroxyl groups is 2. The maximum absolute atomic E-state index is 13.1. The van der Waals surface area contributed by atoms with E-state index in [1.165, 1.54) is 0 Å². The molecule has 0 unspecified atom stereocenters. The SMILES string of the molecule is O=S(=O)(O)c1cc(-c2ccc(/N=N/c3ccc(O)c(C(F)(F)F)c3)c(S(=O)(=O)O)c2)ccc1/N=N/c1ccc(O)c(C(F)(F)F)c1. The topological polar surface area (TPSA) is 199 Å². The van der Waals surface area contributed by atoms with E-state index in [1.54, 1.807) is 0 Å². The molecule has 0 saturated heterocycles. The summed E-state index contributed by atoms with van der Waals surface area (Å²) in [5, 5.41) is 33.1. The van der Waals surface area contributed by atoms with Gasteiger partial charge in [-0.05, 0) is 71.8 Å². The van der Waals surface area contributed by atoms with E-state index in [9.17, 15) is 62.5 Å². The fourth-order valence-electron chi connectivity index (χ4n) is 3.82. The quantitative estimate of drug-likeness (QED) is 0.0846. The van der Waals surface area contributed by atoms with Crippen molar-refractivity contribution >= 4 is 43.0 Å². The minimum absolute atomic E-state index is 0.0997. The van der Waals surface area contributed by atoms with Crippen LogP contribution in [0.3, 0.4) is 0 Å². The van der Waals surface area contributed by atoms with Crippen molar-refractivity contribution in [1.29, 1.82) is 0 Å². The lowest BCUT2D eigenvalue weighted by atomic mass is 10.0. The fraction of sp³-hybridized carbons (Fsp3) is 0.0769. The zero-order valence-electron chi connectivity index (χ0n) is 22.2. The Balaban J connectivity index is 1.74. The van der Waals surface area contributed by atoms with Crippen LogP contribution in [0, 0.1) is 0 Å². The van der Waals surface area contributed by atoms with Crippen LogP contribution in [0.4, 0.5) is 49.1 Å². The molecule has 242 valence electrons. The molecule has 4 aromatic carbocycles. The van der Waals surface area contributed by atoms with Crippen molar-refractivity contribution in [3.63, 3.8) is 0 Å². The van der Waals surface area contributed by atoms with E-state index in [2.05, 4.69) is 20.5 Å². The summed E-state index contributed by atoms with van der Waals surface area (Å²) in [7, 11) is -10.2. The van der Waals surface area contributed by atoms with Crippen LogP contribution in [0.2, 0.25) is 0 Å². The molecule has 4 N–H and O–H groups in total. The zero-order chi connectivity index (χ0) is 34.2. The largest absolute Gasteiger partial charge is 0.507 e. The molecule has 0 aliphatic carbocycles. The van der Waals surface area contributed by atoms with Gasteiger partial charge >= 0.3 is 12.4 Å². The number of phenols is 2. The van der Waals surface area contributed by atoms with Crippen LogP contribution in [0.25, 0.3) is 11.1 Å². The molecule has 0 bridgehead atoms. The standard InChI is InChI=1S/C26H16F6N4O8S2/c27-25(28,29)17-11-15(3-7-21(17)37)33-35-19-5-1-13(9-23(19)45(39,40)41)14-2-6-20(24(10-14)46(42,43)44)36-34-16-4-8-22(38)18(12-16)26(30,31)32/h1-12,37-38H,(H,39,40,41)(H,42,43,44)/b35-33+,36-34+. The number of nitrogens with zero attached hydrogens (tertiary/aromatic N) is 4. The van der Waals surface area contributed by atoms with E-state index in [1.807, 2.05) is 0 Å². The first-order chi connectivity index (χ1) is 21.1. The van der Waals surface area contributed by atoms with Gasteiger partial charge in [-0.2, -0.15) is 53.4 Å². The number of phenolic OH excluding ortho intramolecular Hbond substituents is 2. The molecule has 46 heavy (non-hydrogen) atoms. The van der Waals surface area contributed by atoms with Crippen molar-refractivity contribution in [1.82, 2.24) is 0 Å². The maximum atomic E-state index is 13.1. The smallest absolute Gasteiger partial charge is 0.420 e. The summed E-state index contributed by atoms with van der Waals surface area (Å²) in [6.45, 7) is 0. The summed E-state index contributed by atoms with van der Waals surface area (Å²) in [5.74, 6) is -2.19. The molecule has 0 aliphatic rings. The summed E-state index contributed by atoms with van der Waals surface area (Å²) < 4.78 is 146. The Bertz CT molecular complexity index is 1970. The number of alkyl halides is 6. The molecule has 0 fully saturated rings. The molecule has 20 heteroatoms. The minimum atomic E-state index is -5.08. The van der Waals surface area contributed by atoms with Crippen molar-refractivity contribution in [2.24, 2.45) is 20.5 Å². The molecule has 0 aromatic heterocycles. The monoisotopic (exact) mass is 690 g/mol. The van der Waals surface area contributed by atoms with Gasteiger partial charge in [-0.1, -0.05) is 12.1 Å². The summed E-state index contributed by atoms with van der Waals surface area (Å²) in [5.41, 5.74) is -5.09. The lowest BCUT2D eigenvalue weighted by Gasteiger charge is -2.10. The Kier molecular flexibility index (Phi) is 8.95. The van der Waals surface area contributed by atoms with Gasteiger partial charge in [0.05, 0.1) is 22.5 Å². The third kappa shape index (κ3) is 7.83. The Hall–Kier alpha value is -4.92. The van der Waals surface area contributed by atoms with E-state index in [-0.39, 0.29) is 11.1 Å². The summed E-state index contributed by atoms with van der Waals surface area (Å²) in [4.78, 5) is -1.82. The molecule has 0 heterocycles. The molecule has 4 aromatic rings. The van der Waals surface area contributed by atoms with Crippen LogP contribution >= 0.6 is 0 Å². The molecular weight excluding hydrogens is 674 g/mol. The van der Waals surface area contributed by atoms with Crippen LogP contribution in [0.1, 0.15) is 11.1 Å². The van der Waals surface area contributed by atoms with Crippen molar-refractivity contribution < 1.29 is 62.5 Å². The Morgan fingerprint density at radius 2 is 0.848 bits per heavy atom. The molecule has 0 amide bonds. The summed E-state index contributed by atoms with van der Waals surface area (Å²) >= 11 is 0. The third-order valence-electron chi connectivity index (χ3n) is 5.93. The van der Waals surface area contributed by atoms with Gasteiger partial charge in [0.15, 0.2) is 0 Å². The highest BCUT2D eigenvalue weighted by atomic mass is 32.2. The Morgan fingerprint density at radius 1 is 0.500 bits per heavy atom. The van der Waals surface area contributed by atoms with Gasteiger partial charge in [0.2, 0.25) is 0 Å². The molecule has 0 atom stereocenters. The number of benzene rings is 4. The summed E-state index contributed by atoms with van der Waals surface area (Å²) in [6.07, 6.45) is -9.90. The molecule has 12 nitrogen and oxygen atoms in total. The second kappa shape index (κ2) is 12.1. The van der Waals surface area contributed by atoms with Gasteiger partial charge in [-0.15, -0.1) is 10.2 Å². The number of rotatable bonds is 7. The summed E-state index contributed by atoms with van der Waals surface area (Å²) in [6, 6.07) is 10.00. The first-order valence-corrected chi connectivity index (χ1v) is 14.9. The lowest BCUT2D eigenvalue weighted by Crippen LogP contribution is -2.04. The van der Waals surface area contributed by atoms with E-state index < -0.39 is 87.8 Å². The molecule has 0 aliphatic heterocycles. The van der Waals surface area contributed by atoms with Gasteiger partial charge in [0.1, 0.15) is 32.7 Å². The predicted molar refractivity (Wildman–Crippen MR) is 146 cm³/mol. The number of hydrogen-bond acceptors (Lipinski definition) is 10. The first-order valence-electron chi connectivity index (χ1n) is 12.0. The highest BCUT2D eigenvalue weighted by Gasteiger charge is 2.35. The number of azo groups is 2. The average molecular weight is 691 g/mol. The van der Waals surface area contributed by atoms with Crippen molar-refractivity contribution in [3.05, 3.63) is 83.9 Å². The maximum Gasteiger partial charge on any atom is 0.420 e. The van der Waals surface area contributed by atoms with Crippen molar-refractivity contribution in [3.8, 4) is 22.6 Å². The predicted octanol–water partition coefficient (Wildman–Crippen LogP) is 8.13. The molecular formula is C26H16F6N4O8S2. The number of hydrogen-bond donors (Lipinski definition) is 4. The van der Waals surface area contributed by atoms with Gasteiger partial charge < -0.3 is 10.2 Å². The Morgan fingerprint density at radius 3 is 1.15 bits per heavy atom. The van der Waals surface area contributed by atoms with E-state index in [4.69, 9.17) is 0 Å². The zero-order valence-corrected chi connectivity index (χ0v) is 23.9. The molecule has 0 spiro atoms. The average Bonchev–Trinajstić information content (AvgIpc) is 2.94. The van der Waals surface area contributed by atoms with E-state index >= 15 is 0 Å². The van der Waals surface area contributed by atoms with Crippen LogP contribution in [-0.2, 0) is 32.6 Å². The Labute approximate surface area is 254 Å². The van der Waals surface area contributed by atoms with Crippen molar-refractivity contribution in [2.75, 3.05) is 0 Å². The van der Waals surface area contributed by atoms with Crippen LogP contribution in [0.5, 0.6) is 11.5 Å². The first kappa shape index (κ1) is 34.0. The van der Waals surface area contributed by atoms with Gasteiger partial charge in [-0.3, -0.25) is 9.11 Å². The second-order valence-electron chi connectivity index (χ2n) is 9.11. The fourth-order valence-corrected chi connectivity index (χ4v) is 5.11. The minimum Gasteiger partial charge on any atom is -0.507 e. The van der Waals surface area contributed by atoms with Gasteiger partial charge in [0, 0.05) is 0 Å². The van der Waals surface area contributed by atoms with Crippen LogP contribution in [-0.4, -0.2) is 36.2 Å².